The van der Waals surface area contributed by atoms with E-state index in [1.54, 1.807) is 12.3 Å². The molecule has 2 aromatic rings. The minimum absolute atomic E-state index is 0.0969. The Balaban J connectivity index is 2.21. The molecule has 0 fully saturated rings. The molecule has 0 aliphatic carbocycles. The van der Waals surface area contributed by atoms with Crippen LogP contribution in [0.25, 0.3) is 0 Å². The molecule has 2 rings (SSSR count). The van der Waals surface area contributed by atoms with Gasteiger partial charge < -0.3 is 10.2 Å². The van der Waals surface area contributed by atoms with E-state index in [1.165, 1.54) is 5.56 Å². The van der Waals surface area contributed by atoms with Gasteiger partial charge in [0.15, 0.2) is 0 Å². The molecular formula is C20H27N3O. The minimum Gasteiger partial charge on any atom is -0.357 e. The number of carbonyl (C=O) groups excluding carboxylic acids is 1. The molecule has 0 bridgehead atoms. The van der Waals surface area contributed by atoms with Gasteiger partial charge >= 0.3 is 0 Å². The van der Waals surface area contributed by atoms with Crippen LogP contribution in [0.5, 0.6) is 0 Å². The Bertz CT molecular complexity index is 691. The number of hydrogen-bond donors (Lipinski definition) is 1. The molecule has 0 aliphatic rings. The van der Waals surface area contributed by atoms with E-state index in [1.807, 2.05) is 38.1 Å². The smallest absolute Gasteiger partial charge is 0.255 e. The van der Waals surface area contributed by atoms with Crippen molar-refractivity contribution >= 4 is 17.4 Å². The maximum Gasteiger partial charge on any atom is 0.255 e. The highest BCUT2D eigenvalue weighted by atomic mass is 16.1. The van der Waals surface area contributed by atoms with Crippen LogP contribution in [0.4, 0.5) is 11.5 Å². The van der Waals surface area contributed by atoms with Crippen molar-refractivity contribution in [2.75, 3.05) is 23.3 Å². The molecule has 0 aliphatic heterocycles. The number of hydrogen-bond acceptors (Lipinski definition) is 3. The molecule has 0 saturated carbocycles. The average molecular weight is 325 g/mol. The van der Waals surface area contributed by atoms with Gasteiger partial charge in [0, 0.05) is 30.5 Å². The maximum atomic E-state index is 12.6. The van der Waals surface area contributed by atoms with Crippen LogP contribution in [0.1, 0.15) is 48.2 Å². The van der Waals surface area contributed by atoms with Crippen molar-refractivity contribution in [1.29, 1.82) is 0 Å². The Kier molecular flexibility index (Phi) is 6.36. The van der Waals surface area contributed by atoms with Crippen LogP contribution in [0.2, 0.25) is 0 Å². The second-order valence-corrected chi connectivity index (χ2v) is 6.09. The molecule has 1 N–H and O–H groups in total. The number of nitrogens with one attached hydrogen (secondary N) is 1. The monoisotopic (exact) mass is 325 g/mol. The summed E-state index contributed by atoms with van der Waals surface area (Å²) in [6.45, 7) is 10.3. The maximum absolute atomic E-state index is 12.6. The predicted molar refractivity (Wildman–Crippen MR) is 101 cm³/mol. The lowest BCUT2D eigenvalue weighted by Crippen LogP contribution is -2.26. The molecule has 0 radical (unpaired) electrons. The molecule has 0 unspecified atom stereocenters. The van der Waals surface area contributed by atoms with E-state index in [9.17, 15) is 4.79 Å². The highest BCUT2D eigenvalue weighted by molar-refractivity contribution is 6.05. The third kappa shape index (κ3) is 4.34. The van der Waals surface area contributed by atoms with Crippen molar-refractivity contribution in [3.63, 3.8) is 0 Å². The molecule has 0 spiro atoms. The Morgan fingerprint density at radius 2 is 1.83 bits per heavy atom. The largest absolute Gasteiger partial charge is 0.357 e. The molecule has 1 heterocycles. The van der Waals surface area contributed by atoms with Gasteiger partial charge in [0.05, 0.1) is 0 Å². The lowest BCUT2D eigenvalue weighted by atomic mass is 10.1. The van der Waals surface area contributed by atoms with Crippen LogP contribution in [0.3, 0.4) is 0 Å². The van der Waals surface area contributed by atoms with E-state index in [-0.39, 0.29) is 5.91 Å². The molecule has 1 aromatic heterocycles. The van der Waals surface area contributed by atoms with Gasteiger partial charge in [0.1, 0.15) is 5.82 Å². The van der Waals surface area contributed by atoms with Gasteiger partial charge in [-0.2, -0.15) is 0 Å². The summed E-state index contributed by atoms with van der Waals surface area (Å²) in [5, 5.41) is 3.01. The fourth-order valence-electron chi connectivity index (χ4n) is 2.69. The van der Waals surface area contributed by atoms with Crippen LogP contribution < -0.4 is 10.2 Å². The SMILES string of the molecule is CCCN(CCC)c1cc(C(=O)Nc2cccc(C)c2C)ccn1. The van der Waals surface area contributed by atoms with Gasteiger partial charge in [-0.1, -0.05) is 26.0 Å². The Morgan fingerprint density at radius 1 is 1.12 bits per heavy atom. The molecule has 4 nitrogen and oxygen atoms in total. The number of pyridine rings is 1. The van der Waals surface area contributed by atoms with Crippen molar-refractivity contribution in [1.82, 2.24) is 4.98 Å². The van der Waals surface area contributed by atoms with Gasteiger partial charge in [-0.3, -0.25) is 4.79 Å². The molecule has 128 valence electrons. The molecule has 0 atom stereocenters. The number of aryl methyl sites for hydroxylation is 1. The first-order chi connectivity index (χ1) is 11.6. The summed E-state index contributed by atoms with van der Waals surface area (Å²) < 4.78 is 0. The highest BCUT2D eigenvalue weighted by Gasteiger charge is 2.12. The Hall–Kier alpha value is -2.36. The number of carbonyl (C=O) groups is 1. The molecular weight excluding hydrogens is 298 g/mol. The van der Waals surface area contributed by atoms with E-state index < -0.39 is 0 Å². The number of nitrogens with zero attached hydrogens (tertiary/aromatic N) is 2. The topological polar surface area (TPSA) is 45.2 Å². The number of rotatable bonds is 7. The van der Waals surface area contributed by atoms with Crippen molar-refractivity contribution < 1.29 is 4.79 Å². The van der Waals surface area contributed by atoms with E-state index >= 15 is 0 Å². The van der Waals surface area contributed by atoms with Gasteiger partial charge in [-0.05, 0) is 56.0 Å². The second kappa shape index (κ2) is 8.48. The first-order valence-corrected chi connectivity index (χ1v) is 8.65. The lowest BCUT2D eigenvalue weighted by molar-refractivity contribution is 0.102. The zero-order valence-electron chi connectivity index (χ0n) is 15.1. The minimum atomic E-state index is -0.0969. The number of amides is 1. The van der Waals surface area contributed by atoms with Gasteiger partial charge in [-0.25, -0.2) is 4.98 Å². The molecule has 0 saturated heterocycles. The van der Waals surface area contributed by atoms with E-state index in [2.05, 4.69) is 29.0 Å². The zero-order chi connectivity index (χ0) is 17.5. The first-order valence-electron chi connectivity index (χ1n) is 8.65. The van der Waals surface area contributed by atoms with Crippen LogP contribution >= 0.6 is 0 Å². The van der Waals surface area contributed by atoms with E-state index in [0.29, 0.717) is 5.56 Å². The summed E-state index contributed by atoms with van der Waals surface area (Å²) in [4.78, 5) is 19.3. The van der Waals surface area contributed by atoms with Gasteiger partial charge in [-0.15, -0.1) is 0 Å². The normalized spacial score (nSPS) is 10.5. The first kappa shape index (κ1) is 18.0. The second-order valence-electron chi connectivity index (χ2n) is 6.09. The molecule has 4 heteroatoms. The van der Waals surface area contributed by atoms with Crippen molar-refractivity contribution in [3.8, 4) is 0 Å². The van der Waals surface area contributed by atoms with Gasteiger partial charge in [0.2, 0.25) is 0 Å². The molecule has 24 heavy (non-hydrogen) atoms. The summed E-state index contributed by atoms with van der Waals surface area (Å²) in [6, 6.07) is 9.58. The predicted octanol–water partition coefficient (Wildman–Crippen LogP) is 4.58. The fourth-order valence-corrected chi connectivity index (χ4v) is 2.69. The molecule has 1 amide bonds. The number of aromatic nitrogens is 1. The summed E-state index contributed by atoms with van der Waals surface area (Å²) in [5.74, 6) is 0.771. The van der Waals surface area contributed by atoms with Crippen LogP contribution in [-0.2, 0) is 0 Å². The third-order valence-electron chi connectivity index (χ3n) is 4.17. The van der Waals surface area contributed by atoms with Crippen LogP contribution in [-0.4, -0.2) is 24.0 Å². The zero-order valence-corrected chi connectivity index (χ0v) is 15.1. The fraction of sp³-hybridized carbons (Fsp3) is 0.400. The van der Waals surface area contributed by atoms with Crippen LogP contribution in [0.15, 0.2) is 36.5 Å². The highest BCUT2D eigenvalue weighted by Crippen LogP contribution is 2.20. The molecule has 1 aromatic carbocycles. The van der Waals surface area contributed by atoms with Crippen molar-refractivity contribution in [2.24, 2.45) is 0 Å². The van der Waals surface area contributed by atoms with Crippen molar-refractivity contribution in [3.05, 3.63) is 53.2 Å². The van der Waals surface area contributed by atoms with E-state index in [0.717, 1.165) is 43.0 Å². The number of anilines is 2. The van der Waals surface area contributed by atoms with Crippen LogP contribution in [0, 0.1) is 13.8 Å². The quantitative estimate of drug-likeness (QED) is 0.810. The van der Waals surface area contributed by atoms with Crippen molar-refractivity contribution in [2.45, 2.75) is 40.5 Å². The lowest BCUT2D eigenvalue weighted by Gasteiger charge is -2.22. The van der Waals surface area contributed by atoms with E-state index in [4.69, 9.17) is 0 Å². The summed E-state index contributed by atoms with van der Waals surface area (Å²) in [7, 11) is 0. The summed E-state index contributed by atoms with van der Waals surface area (Å²) in [6.07, 6.45) is 3.83. The Morgan fingerprint density at radius 3 is 2.50 bits per heavy atom. The average Bonchev–Trinajstić information content (AvgIpc) is 2.59. The summed E-state index contributed by atoms with van der Waals surface area (Å²) >= 11 is 0. The Labute approximate surface area is 144 Å². The standard InChI is InChI=1S/C20H27N3O/c1-5-12-23(13-6-2)19-14-17(10-11-21-19)20(24)22-18-9-7-8-15(3)16(18)4/h7-11,14H,5-6,12-13H2,1-4H3,(H,22,24). The summed E-state index contributed by atoms with van der Waals surface area (Å²) in [5.41, 5.74) is 3.76. The third-order valence-corrected chi connectivity index (χ3v) is 4.17. The van der Waals surface area contributed by atoms with Gasteiger partial charge in [0.25, 0.3) is 5.91 Å². The number of benzene rings is 1.